The Bertz CT molecular complexity index is 184. The molecule has 1 N–H and O–H groups in total. The van der Waals surface area contributed by atoms with Gasteiger partial charge in [-0.05, 0) is 43.4 Å². The van der Waals surface area contributed by atoms with Crippen LogP contribution in [0.4, 0.5) is 0 Å². The number of nitrogens with one attached hydrogen (secondary N) is 1. The van der Waals surface area contributed by atoms with Gasteiger partial charge in [0, 0.05) is 12.1 Å². The lowest BCUT2D eigenvalue weighted by Crippen LogP contribution is -2.47. The van der Waals surface area contributed by atoms with E-state index in [1.54, 1.807) is 0 Å². The minimum atomic E-state index is 0.733. The van der Waals surface area contributed by atoms with Gasteiger partial charge in [-0.2, -0.15) is 0 Å². The van der Waals surface area contributed by atoms with Crippen molar-refractivity contribution in [2.75, 3.05) is 0 Å². The third kappa shape index (κ3) is 3.76. The number of hydrogen-bond donors (Lipinski definition) is 1. The maximum atomic E-state index is 3.92. The summed E-state index contributed by atoms with van der Waals surface area (Å²) in [5, 5.41) is 3.92. The van der Waals surface area contributed by atoms with Gasteiger partial charge in [-0.25, -0.2) is 0 Å². The van der Waals surface area contributed by atoms with Crippen LogP contribution in [0.15, 0.2) is 0 Å². The van der Waals surface area contributed by atoms with Gasteiger partial charge in [-0.15, -0.1) is 0 Å². The second-order valence-corrected chi connectivity index (χ2v) is 6.11. The summed E-state index contributed by atoms with van der Waals surface area (Å²) < 4.78 is 0. The van der Waals surface area contributed by atoms with Gasteiger partial charge < -0.3 is 5.32 Å². The normalized spacial score (nSPS) is 31.3. The fourth-order valence-electron chi connectivity index (χ4n) is 3.22. The van der Waals surface area contributed by atoms with Crippen molar-refractivity contribution in [1.82, 2.24) is 5.32 Å². The summed E-state index contributed by atoms with van der Waals surface area (Å²) in [6.45, 7) is 11.8. The van der Waals surface area contributed by atoms with E-state index in [-0.39, 0.29) is 0 Å². The molecule has 0 aromatic heterocycles. The number of rotatable bonds is 5. The van der Waals surface area contributed by atoms with Crippen LogP contribution in [-0.2, 0) is 0 Å². The first-order valence-electron chi connectivity index (χ1n) is 7.34. The van der Waals surface area contributed by atoms with Crippen LogP contribution in [0.3, 0.4) is 0 Å². The molecule has 0 aromatic carbocycles. The molecule has 0 spiro atoms. The zero-order chi connectivity index (χ0) is 12.1. The minimum Gasteiger partial charge on any atom is -0.311 e. The van der Waals surface area contributed by atoms with E-state index in [2.05, 4.69) is 39.9 Å². The Hall–Kier alpha value is -0.0400. The van der Waals surface area contributed by atoms with Crippen molar-refractivity contribution in [2.45, 2.75) is 78.8 Å². The first-order valence-corrected chi connectivity index (χ1v) is 7.34. The van der Waals surface area contributed by atoms with Crippen LogP contribution in [0.2, 0.25) is 0 Å². The van der Waals surface area contributed by atoms with E-state index in [0.29, 0.717) is 0 Å². The van der Waals surface area contributed by atoms with Crippen LogP contribution < -0.4 is 5.32 Å². The SMILES string of the molecule is CCC(CC)NC1CC(C)CCC1C(C)C. The van der Waals surface area contributed by atoms with Crippen molar-refractivity contribution in [3.05, 3.63) is 0 Å². The van der Waals surface area contributed by atoms with Crippen LogP contribution in [0.1, 0.15) is 66.7 Å². The fourth-order valence-corrected chi connectivity index (χ4v) is 3.22. The maximum Gasteiger partial charge on any atom is 0.0103 e. The molecule has 0 saturated heterocycles. The summed E-state index contributed by atoms with van der Waals surface area (Å²) in [5.41, 5.74) is 0. The standard InChI is InChI=1S/C15H31N/c1-6-13(7-2)16-15-10-12(5)8-9-14(15)11(3)4/h11-16H,6-10H2,1-5H3. The molecule has 3 atom stereocenters. The zero-order valence-electron chi connectivity index (χ0n) is 11.9. The molecule has 1 rings (SSSR count). The molecule has 1 aliphatic rings. The molecule has 0 aromatic rings. The average molecular weight is 225 g/mol. The van der Waals surface area contributed by atoms with Gasteiger partial charge in [0.15, 0.2) is 0 Å². The first kappa shape index (κ1) is 14.0. The molecule has 96 valence electrons. The molecule has 3 unspecified atom stereocenters. The lowest BCUT2D eigenvalue weighted by Gasteiger charge is -2.39. The molecule has 1 saturated carbocycles. The Morgan fingerprint density at radius 3 is 2.25 bits per heavy atom. The third-order valence-corrected chi connectivity index (χ3v) is 4.46. The highest BCUT2D eigenvalue weighted by atomic mass is 15.0. The molecule has 1 fully saturated rings. The minimum absolute atomic E-state index is 0.733. The molecule has 16 heavy (non-hydrogen) atoms. The van der Waals surface area contributed by atoms with Crippen LogP contribution in [0, 0.1) is 17.8 Å². The lowest BCUT2D eigenvalue weighted by atomic mass is 9.73. The molecular formula is C15H31N. The summed E-state index contributed by atoms with van der Waals surface area (Å²) in [5.74, 6) is 2.65. The summed E-state index contributed by atoms with van der Waals surface area (Å²) in [6, 6.07) is 1.50. The second kappa shape index (κ2) is 6.64. The Morgan fingerprint density at radius 2 is 1.75 bits per heavy atom. The summed E-state index contributed by atoms with van der Waals surface area (Å²) >= 11 is 0. The smallest absolute Gasteiger partial charge is 0.0103 e. The lowest BCUT2D eigenvalue weighted by molar-refractivity contribution is 0.157. The highest BCUT2D eigenvalue weighted by Crippen LogP contribution is 2.33. The molecule has 1 nitrogen and oxygen atoms in total. The predicted molar refractivity (Wildman–Crippen MR) is 72.6 cm³/mol. The van der Waals surface area contributed by atoms with E-state index in [4.69, 9.17) is 0 Å². The molecule has 0 heterocycles. The van der Waals surface area contributed by atoms with E-state index in [1.165, 1.54) is 32.1 Å². The van der Waals surface area contributed by atoms with Gasteiger partial charge in [0.05, 0.1) is 0 Å². The van der Waals surface area contributed by atoms with Crippen molar-refractivity contribution in [3.63, 3.8) is 0 Å². The van der Waals surface area contributed by atoms with E-state index < -0.39 is 0 Å². The quantitative estimate of drug-likeness (QED) is 0.738. The van der Waals surface area contributed by atoms with Crippen molar-refractivity contribution >= 4 is 0 Å². The number of hydrogen-bond acceptors (Lipinski definition) is 1. The van der Waals surface area contributed by atoms with Gasteiger partial charge in [0.25, 0.3) is 0 Å². The molecule has 0 amide bonds. The van der Waals surface area contributed by atoms with E-state index in [1.807, 2.05) is 0 Å². The molecule has 0 bridgehead atoms. The van der Waals surface area contributed by atoms with Crippen molar-refractivity contribution in [3.8, 4) is 0 Å². The first-order chi connectivity index (χ1) is 7.58. The maximum absolute atomic E-state index is 3.92. The highest BCUT2D eigenvalue weighted by Gasteiger charge is 2.31. The Morgan fingerprint density at radius 1 is 1.12 bits per heavy atom. The predicted octanol–water partition coefficient (Wildman–Crippen LogP) is 4.23. The van der Waals surface area contributed by atoms with Crippen LogP contribution in [-0.4, -0.2) is 12.1 Å². The van der Waals surface area contributed by atoms with E-state index >= 15 is 0 Å². The summed E-state index contributed by atoms with van der Waals surface area (Å²) in [7, 11) is 0. The zero-order valence-corrected chi connectivity index (χ0v) is 11.9. The molecular weight excluding hydrogens is 194 g/mol. The fraction of sp³-hybridized carbons (Fsp3) is 1.00. The molecule has 0 aliphatic heterocycles. The highest BCUT2D eigenvalue weighted by molar-refractivity contribution is 4.87. The van der Waals surface area contributed by atoms with Gasteiger partial charge in [-0.1, -0.05) is 41.0 Å². The Kier molecular flexibility index (Phi) is 5.82. The Balaban J connectivity index is 2.56. The molecule has 0 radical (unpaired) electrons. The largest absolute Gasteiger partial charge is 0.311 e. The van der Waals surface area contributed by atoms with Crippen molar-refractivity contribution in [2.24, 2.45) is 17.8 Å². The average Bonchev–Trinajstić information content (AvgIpc) is 2.25. The van der Waals surface area contributed by atoms with Crippen LogP contribution in [0.25, 0.3) is 0 Å². The van der Waals surface area contributed by atoms with Gasteiger partial charge >= 0.3 is 0 Å². The van der Waals surface area contributed by atoms with Crippen molar-refractivity contribution in [1.29, 1.82) is 0 Å². The second-order valence-electron chi connectivity index (χ2n) is 6.11. The van der Waals surface area contributed by atoms with E-state index in [9.17, 15) is 0 Å². The summed E-state index contributed by atoms with van der Waals surface area (Å²) in [6.07, 6.45) is 6.79. The van der Waals surface area contributed by atoms with Crippen LogP contribution in [0.5, 0.6) is 0 Å². The Labute approximate surface area is 102 Å². The van der Waals surface area contributed by atoms with Gasteiger partial charge in [-0.3, -0.25) is 0 Å². The summed E-state index contributed by atoms with van der Waals surface area (Å²) in [4.78, 5) is 0. The van der Waals surface area contributed by atoms with Gasteiger partial charge in [0.1, 0.15) is 0 Å². The monoisotopic (exact) mass is 225 g/mol. The van der Waals surface area contributed by atoms with Crippen molar-refractivity contribution < 1.29 is 0 Å². The topological polar surface area (TPSA) is 12.0 Å². The molecule has 1 aliphatic carbocycles. The van der Waals surface area contributed by atoms with E-state index in [0.717, 1.165) is 29.8 Å². The van der Waals surface area contributed by atoms with Gasteiger partial charge in [0.2, 0.25) is 0 Å². The third-order valence-electron chi connectivity index (χ3n) is 4.46. The molecule has 1 heteroatoms. The van der Waals surface area contributed by atoms with Crippen LogP contribution >= 0.6 is 0 Å².